The van der Waals surface area contributed by atoms with Gasteiger partial charge in [-0.15, -0.1) is 0 Å². The van der Waals surface area contributed by atoms with Crippen molar-refractivity contribution in [2.24, 2.45) is 5.73 Å². The summed E-state index contributed by atoms with van der Waals surface area (Å²) in [6.45, 7) is 6.04. The number of rotatable bonds is 2. The maximum absolute atomic E-state index is 12.6. The van der Waals surface area contributed by atoms with Gasteiger partial charge in [0.25, 0.3) is 5.56 Å². The maximum Gasteiger partial charge on any atom is 0.410 e. The van der Waals surface area contributed by atoms with Gasteiger partial charge in [0.15, 0.2) is 0 Å². The zero-order valence-corrected chi connectivity index (χ0v) is 16.7. The van der Waals surface area contributed by atoms with Gasteiger partial charge >= 0.3 is 6.09 Å². The number of aromatic nitrogens is 2. The van der Waals surface area contributed by atoms with Crippen LogP contribution < -0.4 is 11.3 Å². The lowest BCUT2D eigenvalue weighted by molar-refractivity contribution is 0.0148. The zero-order chi connectivity index (χ0) is 19.1. The summed E-state index contributed by atoms with van der Waals surface area (Å²) in [6.07, 6.45) is 0.0919. The van der Waals surface area contributed by atoms with E-state index in [0.717, 1.165) is 15.9 Å². The van der Waals surface area contributed by atoms with Gasteiger partial charge in [-0.2, -0.15) is 0 Å². The first-order chi connectivity index (χ1) is 12.2. The van der Waals surface area contributed by atoms with E-state index in [2.05, 4.69) is 21.0 Å². The Bertz CT molecular complexity index is 864. The Morgan fingerprint density at radius 1 is 1.35 bits per heavy atom. The van der Waals surface area contributed by atoms with Crippen molar-refractivity contribution in [2.45, 2.75) is 38.8 Å². The summed E-state index contributed by atoms with van der Waals surface area (Å²) in [5.74, 6) is 0. The van der Waals surface area contributed by atoms with Gasteiger partial charge in [-0.1, -0.05) is 15.9 Å². The number of carbonyl (C=O) groups excluding carboxylic acids is 1. The minimum absolute atomic E-state index is 0.152. The van der Waals surface area contributed by atoms with Gasteiger partial charge in [0.05, 0.1) is 23.0 Å². The van der Waals surface area contributed by atoms with Gasteiger partial charge in [0.1, 0.15) is 5.60 Å². The van der Waals surface area contributed by atoms with Gasteiger partial charge in [0, 0.05) is 24.0 Å². The highest BCUT2D eigenvalue weighted by Gasteiger charge is 2.36. The van der Waals surface area contributed by atoms with E-state index in [9.17, 15) is 9.59 Å². The fourth-order valence-electron chi connectivity index (χ4n) is 3.20. The second-order valence-electron chi connectivity index (χ2n) is 7.29. The predicted octanol–water partition coefficient (Wildman–Crippen LogP) is 2.72. The molecule has 7 nitrogen and oxygen atoms in total. The number of nitrogens with zero attached hydrogens (tertiary/aromatic N) is 2. The molecule has 0 radical (unpaired) electrons. The largest absolute Gasteiger partial charge is 0.444 e. The molecule has 1 aliphatic rings. The molecule has 1 unspecified atom stereocenters. The topological polar surface area (TPSA) is 93.3 Å². The van der Waals surface area contributed by atoms with Crippen molar-refractivity contribution in [3.63, 3.8) is 0 Å². The molecule has 0 fully saturated rings. The van der Waals surface area contributed by atoms with Crippen LogP contribution in [0.5, 0.6) is 0 Å². The van der Waals surface area contributed by atoms with E-state index in [1.165, 1.54) is 0 Å². The third kappa shape index (κ3) is 3.57. The molecule has 0 saturated heterocycles. The van der Waals surface area contributed by atoms with Gasteiger partial charge in [-0.3, -0.25) is 19.5 Å². The minimum Gasteiger partial charge on any atom is -0.444 e. The van der Waals surface area contributed by atoms with Crippen LogP contribution in [-0.2, 0) is 11.2 Å². The number of aromatic amines is 1. The van der Waals surface area contributed by atoms with Crippen LogP contribution >= 0.6 is 15.9 Å². The second-order valence-corrected chi connectivity index (χ2v) is 8.20. The van der Waals surface area contributed by atoms with Gasteiger partial charge in [-0.05, 0) is 45.0 Å². The number of nitrogens with one attached hydrogen (secondary N) is 1. The quantitative estimate of drug-likeness (QED) is 0.777. The summed E-state index contributed by atoms with van der Waals surface area (Å²) in [4.78, 5) is 26.7. The highest BCUT2D eigenvalue weighted by molar-refractivity contribution is 9.10. The van der Waals surface area contributed by atoms with Crippen LogP contribution in [0.2, 0.25) is 0 Å². The molecule has 0 saturated carbocycles. The molecule has 2 heterocycles. The van der Waals surface area contributed by atoms with Crippen molar-refractivity contribution < 1.29 is 9.53 Å². The Labute approximate surface area is 160 Å². The first kappa shape index (κ1) is 18.7. The molecule has 1 aromatic heterocycles. The van der Waals surface area contributed by atoms with Crippen molar-refractivity contribution in [3.8, 4) is 5.69 Å². The van der Waals surface area contributed by atoms with E-state index < -0.39 is 17.7 Å². The van der Waals surface area contributed by atoms with E-state index >= 15 is 0 Å². The molecular formula is C18H23BrN4O3. The molecule has 2 aromatic rings. The number of halogens is 1. The Hall–Kier alpha value is -2.06. The molecule has 0 aliphatic carbocycles. The third-order valence-corrected chi connectivity index (χ3v) is 4.80. The molecule has 1 atom stereocenters. The van der Waals surface area contributed by atoms with Crippen LogP contribution in [0.1, 0.15) is 38.1 Å². The number of carbonyl (C=O) groups is 1. The Kier molecular flexibility index (Phi) is 4.98. The SMILES string of the molecule is CC(C)(C)OC(=O)N1CCc2c(c(=O)[nH]n2-c2ccc(Br)cc2)C1CN. The van der Waals surface area contributed by atoms with E-state index in [-0.39, 0.29) is 12.1 Å². The number of benzene rings is 1. The third-order valence-electron chi connectivity index (χ3n) is 4.27. The summed E-state index contributed by atoms with van der Waals surface area (Å²) in [6, 6.07) is 7.15. The minimum atomic E-state index is -0.605. The lowest BCUT2D eigenvalue weighted by Crippen LogP contribution is -2.46. The molecule has 1 aliphatic heterocycles. The molecule has 140 valence electrons. The summed E-state index contributed by atoms with van der Waals surface area (Å²) in [5, 5.41) is 2.87. The molecule has 0 spiro atoms. The van der Waals surface area contributed by atoms with Crippen molar-refractivity contribution in [2.75, 3.05) is 13.1 Å². The monoisotopic (exact) mass is 422 g/mol. The molecule has 3 rings (SSSR count). The average Bonchev–Trinajstić information content (AvgIpc) is 2.90. The fourth-order valence-corrected chi connectivity index (χ4v) is 3.47. The van der Waals surface area contributed by atoms with E-state index in [0.29, 0.717) is 18.5 Å². The molecule has 8 heteroatoms. The normalized spacial score (nSPS) is 17.1. The molecule has 26 heavy (non-hydrogen) atoms. The average molecular weight is 423 g/mol. The number of nitrogens with two attached hydrogens (primary N) is 1. The maximum atomic E-state index is 12.6. The van der Waals surface area contributed by atoms with Gasteiger partial charge in [-0.25, -0.2) is 4.79 Å². The Balaban J connectivity index is 1.99. The standard InChI is InChI=1S/C18H23BrN4O3/c1-18(2,3)26-17(25)22-9-8-13-15(14(22)10-20)16(24)21-23(13)12-6-4-11(19)5-7-12/h4-7,14H,8-10,20H2,1-3H3,(H,21,24). The van der Waals surface area contributed by atoms with Crippen molar-refractivity contribution in [1.29, 1.82) is 0 Å². The van der Waals surface area contributed by atoms with E-state index in [1.54, 1.807) is 9.58 Å². The molecule has 3 N–H and O–H groups in total. The number of hydrogen-bond acceptors (Lipinski definition) is 4. The molecule has 1 amide bonds. The van der Waals surface area contributed by atoms with Crippen LogP contribution in [-0.4, -0.2) is 39.5 Å². The van der Waals surface area contributed by atoms with Crippen LogP contribution in [0.15, 0.2) is 33.5 Å². The summed E-state index contributed by atoms with van der Waals surface area (Å²) in [5.41, 5.74) is 7.34. The van der Waals surface area contributed by atoms with Crippen molar-refractivity contribution >= 4 is 22.0 Å². The van der Waals surface area contributed by atoms with Gasteiger partial charge in [0.2, 0.25) is 0 Å². The van der Waals surface area contributed by atoms with Gasteiger partial charge < -0.3 is 10.5 Å². The number of ether oxygens (including phenoxy) is 1. The van der Waals surface area contributed by atoms with Crippen molar-refractivity contribution in [1.82, 2.24) is 14.7 Å². The first-order valence-corrected chi connectivity index (χ1v) is 9.30. The Morgan fingerprint density at radius 2 is 2.00 bits per heavy atom. The van der Waals surface area contributed by atoms with E-state index in [1.807, 2.05) is 45.0 Å². The zero-order valence-electron chi connectivity index (χ0n) is 15.1. The smallest absolute Gasteiger partial charge is 0.410 e. The highest BCUT2D eigenvalue weighted by Crippen LogP contribution is 2.29. The van der Waals surface area contributed by atoms with Crippen molar-refractivity contribution in [3.05, 3.63) is 50.3 Å². The lowest BCUT2D eigenvalue weighted by Gasteiger charge is -2.35. The summed E-state index contributed by atoms with van der Waals surface area (Å²) in [7, 11) is 0. The van der Waals surface area contributed by atoms with Crippen LogP contribution in [0, 0.1) is 0 Å². The number of H-pyrrole nitrogens is 1. The lowest BCUT2D eigenvalue weighted by atomic mass is 9.99. The second kappa shape index (κ2) is 6.92. The summed E-state index contributed by atoms with van der Waals surface area (Å²) >= 11 is 3.41. The molecule has 0 bridgehead atoms. The number of fused-ring (bicyclic) bond motifs is 1. The van der Waals surface area contributed by atoms with Crippen LogP contribution in [0.4, 0.5) is 4.79 Å². The summed E-state index contributed by atoms with van der Waals surface area (Å²) < 4.78 is 8.21. The Morgan fingerprint density at radius 3 is 2.58 bits per heavy atom. The highest BCUT2D eigenvalue weighted by atomic mass is 79.9. The van der Waals surface area contributed by atoms with Crippen LogP contribution in [0.25, 0.3) is 5.69 Å². The van der Waals surface area contributed by atoms with Crippen LogP contribution in [0.3, 0.4) is 0 Å². The predicted molar refractivity (Wildman–Crippen MR) is 103 cm³/mol. The molecule has 1 aromatic carbocycles. The number of amides is 1. The fraction of sp³-hybridized carbons (Fsp3) is 0.444. The van der Waals surface area contributed by atoms with E-state index in [4.69, 9.17) is 10.5 Å². The number of hydrogen-bond donors (Lipinski definition) is 2. The first-order valence-electron chi connectivity index (χ1n) is 8.50. The molecular weight excluding hydrogens is 400 g/mol.